The molecule has 0 saturated carbocycles. The Morgan fingerprint density at radius 2 is 2.10 bits per heavy atom. The molecule has 2 aromatic carbocycles. The lowest BCUT2D eigenvalue weighted by Crippen LogP contribution is -2.14. The molecule has 0 radical (unpaired) electrons. The average molecular weight is 389 g/mol. The van der Waals surface area contributed by atoms with Gasteiger partial charge in [0.2, 0.25) is 5.91 Å². The van der Waals surface area contributed by atoms with E-state index in [9.17, 15) is 4.79 Å². The summed E-state index contributed by atoms with van der Waals surface area (Å²) in [5.74, 6) is 0.606. The van der Waals surface area contributed by atoms with Crippen LogP contribution in [0.4, 0.5) is 5.69 Å². The first-order chi connectivity index (χ1) is 14.1. The highest BCUT2D eigenvalue weighted by atomic mass is 16.5. The Kier molecular flexibility index (Phi) is 5.33. The molecule has 1 amide bonds. The Morgan fingerprint density at radius 3 is 2.93 bits per heavy atom. The van der Waals surface area contributed by atoms with Crippen LogP contribution in [0, 0.1) is 13.8 Å². The van der Waals surface area contributed by atoms with Crippen molar-refractivity contribution < 1.29 is 13.9 Å². The molecule has 2 aromatic heterocycles. The van der Waals surface area contributed by atoms with Gasteiger partial charge in [-0.15, -0.1) is 0 Å². The molecule has 0 unspecified atom stereocenters. The van der Waals surface area contributed by atoms with Crippen LogP contribution in [0.1, 0.15) is 16.7 Å². The van der Waals surface area contributed by atoms with Crippen molar-refractivity contribution in [2.45, 2.75) is 26.8 Å². The predicted molar refractivity (Wildman–Crippen MR) is 112 cm³/mol. The minimum absolute atomic E-state index is 0.0976. The molecule has 2 heterocycles. The number of aryl methyl sites for hydroxylation is 2. The van der Waals surface area contributed by atoms with Crippen molar-refractivity contribution in [3.05, 3.63) is 77.8 Å². The van der Waals surface area contributed by atoms with Crippen LogP contribution in [0.25, 0.3) is 11.0 Å². The molecule has 0 saturated heterocycles. The topological polar surface area (TPSA) is 69.3 Å². The maximum absolute atomic E-state index is 12.6. The lowest BCUT2D eigenvalue weighted by molar-refractivity contribution is -0.115. The maximum atomic E-state index is 12.6. The van der Waals surface area contributed by atoms with Gasteiger partial charge >= 0.3 is 0 Å². The first-order valence-corrected chi connectivity index (χ1v) is 9.56. The van der Waals surface area contributed by atoms with Crippen molar-refractivity contribution in [3.8, 4) is 5.75 Å². The Bertz CT molecular complexity index is 1130. The van der Waals surface area contributed by atoms with Crippen molar-refractivity contribution in [1.82, 2.24) is 9.78 Å². The first kappa shape index (κ1) is 18.8. The van der Waals surface area contributed by atoms with Crippen molar-refractivity contribution in [3.63, 3.8) is 0 Å². The summed E-state index contributed by atoms with van der Waals surface area (Å²) in [5.41, 5.74) is 4.71. The number of furan rings is 1. The highest BCUT2D eigenvalue weighted by molar-refractivity contribution is 5.96. The average Bonchev–Trinajstić information content (AvgIpc) is 3.36. The number of fused-ring (bicyclic) bond motifs is 1. The zero-order valence-corrected chi connectivity index (χ0v) is 16.5. The Labute approximate surface area is 169 Å². The number of carbonyl (C=O) groups excluding carboxylic acids is 1. The highest BCUT2D eigenvalue weighted by Gasteiger charge is 2.13. The number of aromatic nitrogens is 2. The Balaban J connectivity index is 1.38. The molecule has 0 atom stereocenters. The van der Waals surface area contributed by atoms with Gasteiger partial charge < -0.3 is 14.5 Å². The third-order valence-electron chi connectivity index (χ3n) is 4.96. The fourth-order valence-electron chi connectivity index (χ4n) is 3.26. The molecule has 4 aromatic rings. The first-order valence-electron chi connectivity index (χ1n) is 9.56. The van der Waals surface area contributed by atoms with Gasteiger partial charge in [0.05, 0.1) is 19.2 Å². The van der Waals surface area contributed by atoms with Crippen LogP contribution < -0.4 is 10.1 Å². The van der Waals surface area contributed by atoms with E-state index in [1.165, 1.54) is 5.56 Å². The van der Waals surface area contributed by atoms with E-state index in [0.29, 0.717) is 24.6 Å². The second-order valence-corrected chi connectivity index (χ2v) is 7.02. The fraction of sp³-hybridized carbons (Fsp3) is 0.217. The molecule has 0 bridgehead atoms. The SMILES string of the molecule is Cc1ccc2c(CC(=O)Nc3cccc(OCCn4cccn4)c3)coc2c1C. The van der Waals surface area contributed by atoms with Crippen LogP contribution >= 0.6 is 0 Å². The highest BCUT2D eigenvalue weighted by Crippen LogP contribution is 2.27. The minimum atomic E-state index is -0.0976. The summed E-state index contributed by atoms with van der Waals surface area (Å²) in [5, 5.41) is 8.07. The number of ether oxygens (including phenoxy) is 1. The lowest BCUT2D eigenvalue weighted by atomic mass is 10.0. The smallest absolute Gasteiger partial charge is 0.228 e. The third-order valence-corrected chi connectivity index (χ3v) is 4.96. The van der Waals surface area contributed by atoms with Crippen LogP contribution in [-0.4, -0.2) is 22.3 Å². The normalized spacial score (nSPS) is 11.0. The van der Waals surface area contributed by atoms with Crippen LogP contribution in [-0.2, 0) is 17.8 Å². The van der Waals surface area contributed by atoms with E-state index in [1.54, 1.807) is 12.5 Å². The Morgan fingerprint density at radius 1 is 1.21 bits per heavy atom. The van der Waals surface area contributed by atoms with Gasteiger partial charge in [-0.2, -0.15) is 5.10 Å². The molecule has 29 heavy (non-hydrogen) atoms. The number of nitrogens with zero attached hydrogens (tertiary/aromatic N) is 2. The summed E-state index contributed by atoms with van der Waals surface area (Å²) in [4.78, 5) is 12.6. The molecule has 6 heteroatoms. The van der Waals surface area contributed by atoms with Crippen molar-refractivity contribution in [2.24, 2.45) is 0 Å². The molecule has 0 aliphatic heterocycles. The fourth-order valence-corrected chi connectivity index (χ4v) is 3.26. The number of hydrogen-bond donors (Lipinski definition) is 1. The van der Waals surface area contributed by atoms with E-state index < -0.39 is 0 Å². The van der Waals surface area contributed by atoms with E-state index in [-0.39, 0.29) is 12.3 Å². The monoisotopic (exact) mass is 389 g/mol. The number of rotatable bonds is 7. The number of anilines is 1. The van der Waals surface area contributed by atoms with Crippen LogP contribution in [0.3, 0.4) is 0 Å². The summed E-state index contributed by atoms with van der Waals surface area (Å²) in [6, 6.07) is 13.3. The summed E-state index contributed by atoms with van der Waals surface area (Å²) in [7, 11) is 0. The van der Waals surface area contributed by atoms with Gasteiger partial charge in [-0.25, -0.2) is 0 Å². The number of benzene rings is 2. The van der Waals surface area contributed by atoms with Gasteiger partial charge in [0, 0.05) is 35.1 Å². The van der Waals surface area contributed by atoms with E-state index in [0.717, 1.165) is 22.1 Å². The van der Waals surface area contributed by atoms with Gasteiger partial charge in [-0.3, -0.25) is 9.48 Å². The summed E-state index contributed by atoms with van der Waals surface area (Å²) >= 11 is 0. The van der Waals surface area contributed by atoms with Gasteiger partial charge in [-0.1, -0.05) is 18.2 Å². The Hall–Kier alpha value is -3.54. The quantitative estimate of drug-likeness (QED) is 0.505. The van der Waals surface area contributed by atoms with Gasteiger partial charge in [0.15, 0.2) is 0 Å². The summed E-state index contributed by atoms with van der Waals surface area (Å²) in [6.07, 6.45) is 5.55. The van der Waals surface area contributed by atoms with E-state index >= 15 is 0 Å². The standard InChI is InChI=1S/C23H23N3O3/c1-16-7-8-21-18(15-29-23(21)17(16)2)13-22(27)25-19-5-3-6-20(14-19)28-12-11-26-10-4-9-24-26/h3-10,14-15H,11-13H2,1-2H3,(H,25,27). The van der Waals surface area contributed by atoms with Gasteiger partial charge in [0.1, 0.15) is 17.9 Å². The van der Waals surface area contributed by atoms with E-state index in [1.807, 2.05) is 61.1 Å². The number of nitrogens with one attached hydrogen (secondary N) is 1. The molecule has 0 spiro atoms. The summed E-state index contributed by atoms with van der Waals surface area (Å²) < 4.78 is 13.3. The maximum Gasteiger partial charge on any atom is 0.228 e. The largest absolute Gasteiger partial charge is 0.492 e. The van der Waals surface area contributed by atoms with Crippen molar-refractivity contribution in [1.29, 1.82) is 0 Å². The molecule has 0 aliphatic rings. The van der Waals surface area contributed by atoms with Crippen LogP contribution in [0.15, 0.2) is 65.5 Å². The molecule has 4 rings (SSSR count). The molecular weight excluding hydrogens is 366 g/mol. The molecule has 6 nitrogen and oxygen atoms in total. The van der Waals surface area contributed by atoms with Crippen LogP contribution in [0.2, 0.25) is 0 Å². The zero-order chi connectivity index (χ0) is 20.2. The molecule has 0 aliphatic carbocycles. The second kappa shape index (κ2) is 8.22. The molecule has 1 N–H and O–H groups in total. The van der Waals surface area contributed by atoms with Crippen LogP contribution in [0.5, 0.6) is 5.75 Å². The summed E-state index contributed by atoms with van der Waals surface area (Å²) in [6.45, 7) is 5.24. The third kappa shape index (κ3) is 4.32. The van der Waals surface area contributed by atoms with Gasteiger partial charge in [-0.05, 0) is 43.2 Å². The van der Waals surface area contributed by atoms with Crippen molar-refractivity contribution in [2.75, 3.05) is 11.9 Å². The molecule has 0 fully saturated rings. The zero-order valence-electron chi connectivity index (χ0n) is 16.5. The second-order valence-electron chi connectivity index (χ2n) is 7.02. The minimum Gasteiger partial charge on any atom is -0.492 e. The molecular formula is C23H23N3O3. The van der Waals surface area contributed by atoms with Gasteiger partial charge in [0.25, 0.3) is 0 Å². The van der Waals surface area contributed by atoms with E-state index in [2.05, 4.69) is 16.5 Å². The predicted octanol–water partition coefficient (Wildman–Crippen LogP) is 4.51. The number of hydrogen-bond acceptors (Lipinski definition) is 4. The van der Waals surface area contributed by atoms with E-state index in [4.69, 9.17) is 9.15 Å². The molecule has 148 valence electrons. The van der Waals surface area contributed by atoms with Crippen molar-refractivity contribution >= 4 is 22.6 Å². The number of amides is 1. The number of carbonyl (C=O) groups is 1. The lowest BCUT2D eigenvalue weighted by Gasteiger charge is -2.09.